The lowest BCUT2D eigenvalue weighted by Gasteiger charge is -2.08. The topological polar surface area (TPSA) is 26.3 Å². The van der Waals surface area contributed by atoms with E-state index >= 15 is 0 Å². The number of hydrogen-bond donors (Lipinski definition) is 0. The summed E-state index contributed by atoms with van der Waals surface area (Å²) in [6, 6.07) is 13.9. The molecule has 2 nitrogen and oxygen atoms in total. The first-order valence-corrected chi connectivity index (χ1v) is 7.44. The van der Waals surface area contributed by atoms with Gasteiger partial charge in [0, 0.05) is 0 Å². The highest BCUT2D eigenvalue weighted by Gasteiger charge is 2.09. The van der Waals surface area contributed by atoms with Crippen LogP contribution in [0.25, 0.3) is 0 Å². The van der Waals surface area contributed by atoms with Gasteiger partial charge >= 0.3 is 5.97 Å². The summed E-state index contributed by atoms with van der Waals surface area (Å²) in [5, 5.41) is 0. The average molecular weight is 282 g/mol. The van der Waals surface area contributed by atoms with Gasteiger partial charge < -0.3 is 4.74 Å². The molecule has 0 aliphatic heterocycles. The van der Waals surface area contributed by atoms with Crippen molar-refractivity contribution in [1.82, 2.24) is 0 Å². The predicted octanol–water partition coefficient (Wildman–Crippen LogP) is 4.40. The number of hydrogen-bond acceptors (Lipinski definition) is 2. The van der Waals surface area contributed by atoms with Crippen LogP contribution in [-0.2, 0) is 17.6 Å². The van der Waals surface area contributed by atoms with Gasteiger partial charge in [0.2, 0.25) is 0 Å². The Labute approximate surface area is 126 Å². The Morgan fingerprint density at radius 2 is 1.76 bits per heavy atom. The smallest absolute Gasteiger partial charge is 0.315 e. The van der Waals surface area contributed by atoms with Gasteiger partial charge in [-0.05, 0) is 49.1 Å². The summed E-state index contributed by atoms with van der Waals surface area (Å²) >= 11 is 0. The van der Waals surface area contributed by atoms with E-state index in [1.165, 1.54) is 5.56 Å². The summed E-state index contributed by atoms with van der Waals surface area (Å²) in [6.07, 6.45) is 2.48. The zero-order valence-corrected chi connectivity index (χ0v) is 13.0. The lowest BCUT2D eigenvalue weighted by atomic mass is 10.0. The molecule has 2 heteroatoms. The van der Waals surface area contributed by atoms with Crippen molar-refractivity contribution in [1.29, 1.82) is 0 Å². The molecule has 0 fully saturated rings. The van der Waals surface area contributed by atoms with Gasteiger partial charge in [0.05, 0.1) is 6.42 Å². The molecule has 0 aliphatic rings. The number of ether oxygens (including phenoxy) is 1. The van der Waals surface area contributed by atoms with Gasteiger partial charge in [-0.15, -0.1) is 0 Å². The van der Waals surface area contributed by atoms with Crippen LogP contribution in [0.1, 0.15) is 35.6 Å². The van der Waals surface area contributed by atoms with Crippen LogP contribution >= 0.6 is 0 Å². The van der Waals surface area contributed by atoms with Crippen LogP contribution in [0, 0.1) is 13.8 Å². The zero-order chi connectivity index (χ0) is 15.2. The minimum atomic E-state index is -0.216. The van der Waals surface area contributed by atoms with Gasteiger partial charge in [0.1, 0.15) is 5.75 Å². The Morgan fingerprint density at radius 3 is 2.43 bits per heavy atom. The zero-order valence-electron chi connectivity index (χ0n) is 13.0. The van der Waals surface area contributed by atoms with Crippen molar-refractivity contribution in [2.45, 2.75) is 40.0 Å². The van der Waals surface area contributed by atoms with Gasteiger partial charge in [-0.3, -0.25) is 4.79 Å². The van der Waals surface area contributed by atoms with Crippen molar-refractivity contribution < 1.29 is 9.53 Å². The number of benzene rings is 2. The molecule has 0 aliphatic carbocycles. The van der Waals surface area contributed by atoms with E-state index < -0.39 is 0 Å². The van der Waals surface area contributed by atoms with Crippen LogP contribution in [0.3, 0.4) is 0 Å². The second kappa shape index (κ2) is 7.07. The average Bonchev–Trinajstić information content (AvgIpc) is 2.45. The highest BCUT2D eigenvalue weighted by Crippen LogP contribution is 2.16. The minimum Gasteiger partial charge on any atom is -0.426 e. The molecule has 0 aromatic heterocycles. The Morgan fingerprint density at radius 1 is 1.05 bits per heavy atom. The van der Waals surface area contributed by atoms with Gasteiger partial charge in [-0.25, -0.2) is 0 Å². The second-order valence-electron chi connectivity index (χ2n) is 5.47. The molecule has 0 bridgehead atoms. The summed E-state index contributed by atoms with van der Waals surface area (Å²) < 4.78 is 5.41. The van der Waals surface area contributed by atoms with E-state index in [4.69, 9.17) is 4.74 Å². The molecular weight excluding hydrogens is 260 g/mol. The Balaban J connectivity index is 1.99. The van der Waals surface area contributed by atoms with Crippen molar-refractivity contribution in [3.63, 3.8) is 0 Å². The fourth-order valence-corrected chi connectivity index (χ4v) is 2.33. The molecule has 21 heavy (non-hydrogen) atoms. The van der Waals surface area contributed by atoms with Gasteiger partial charge in [0.15, 0.2) is 0 Å². The minimum absolute atomic E-state index is 0.216. The standard InChI is InChI=1S/C19H22O2/c1-4-5-16-8-10-18(11-9-16)21-19(20)13-17-12-14(2)6-7-15(17)3/h6-12H,4-5,13H2,1-3H3. The number of carbonyl (C=O) groups is 1. The quantitative estimate of drug-likeness (QED) is 0.600. The molecule has 110 valence electrons. The van der Waals surface area contributed by atoms with Crippen LogP contribution in [0.5, 0.6) is 5.75 Å². The first-order chi connectivity index (χ1) is 10.1. The second-order valence-corrected chi connectivity index (χ2v) is 5.47. The largest absolute Gasteiger partial charge is 0.426 e. The third kappa shape index (κ3) is 4.45. The van der Waals surface area contributed by atoms with E-state index in [9.17, 15) is 4.79 Å². The van der Waals surface area contributed by atoms with Gasteiger partial charge in [-0.1, -0.05) is 49.2 Å². The lowest BCUT2D eigenvalue weighted by molar-refractivity contribution is -0.133. The summed E-state index contributed by atoms with van der Waals surface area (Å²) in [7, 11) is 0. The van der Waals surface area contributed by atoms with E-state index in [0.29, 0.717) is 12.2 Å². The van der Waals surface area contributed by atoms with Crippen LogP contribution in [0.2, 0.25) is 0 Å². The SMILES string of the molecule is CCCc1ccc(OC(=O)Cc2cc(C)ccc2C)cc1. The van der Waals surface area contributed by atoms with Crippen LogP contribution < -0.4 is 4.74 Å². The lowest BCUT2D eigenvalue weighted by Crippen LogP contribution is -2.12. The maximum absolute atomic E-state index is 12.0. The van der Waals surface area contributed by atoms with Crippen LogP contribution in [0.4, 0.5) is 0 Å². The van der Waals surface area contributed by atoms with E-state index in [0.717, 1.165) is 29.5 Å². The van der Waals surface area contributed by atoms with Crippen molar-refractivity contribution in [2.75, 3.05) is 0 Å². The van der Waals surface area contributed by atoms with Crippen molar-refractivity contribution in [3.8, 4) is 5.75 Å². The third-order valence-corrected chi connectivity index (χ3v) is 3.53. The monoisotopic (exact) mass is 282 g/mol. The van der Waals surface area contributed by atoms with E-state index in [1.54, 1.807) is 0 Å². The fourth-order valence-electron chi connectivity index (χ4n) is 2.33. The summed E-state index contributed by atoms with van der Waals surface area (Å²) in [5.74, 6) is 0.400. The number of aryl methyl sites for hydroxylation is 3. The highest BCUT2D eigenvalue weighted by atomic mass is 16.5. The van der Waals surface area contributed by atoms with E-state index in [2.05, 4.69) is 13.0 Å². The molecule has 0 saturated heterocycles. The molecule has 2 aromatic rings. The van der Waals surface area contributed by atoms with Crippen LogP contribution in [-0.4, -0.2) is 5.97 Å². The van der Waals surface area contributed by atoms with Crippen LogP contribution in [0.15, 0.2) is 42.5 Å². The predicted molar refractivity (Wildman–Crippen MR) is 85.7 cm³/mol. The molecule has 0 amide bonds. The number of carbonyl (C=O) groups excluding carboxylic acids is 1. The molecule has 0 atom stereocenters. The van der Waals surface area contributed by atoms with Crippen molar-refractivity contribution >= 4 is 5.97 Å². The Bertz CT molecular complexity index is 612. The maximum Gasteiger partial charge on any atom is 0.315 e. The molecular formula is C19H22O2. The Kier molecular flexibility index (Phi) is 5.15. The first-order valence-electron chi connectivity index (χ1n) is 7.44. The molecule has 2 rings (SSSR count). The first kappa shape index (κ1) is 15.3. The molecule has 2 aromatic carbocycles. The fraction of sp³-hybridized carbons (Fsp3) is 0.316. The summed E-state index contributed by atoms with van der Waals surface area (Å²) in [5.41, 5.74) is 4.58. The maximum atomic E-state index is 12.0. The summed E-state index contributed by atoms with van der Waals surface area (Å²) in [4.78, 5) is 12.0. The van der Waals surface area contributed by atoms with E-state index in [1.807, 2.05) is 50.2 Å². The summed E-state index contributed by atoms with van der Waals surface area (Å²) in [6.45, 7) is 6.19. The third-order valence-electron chi connectivity index (χ3n) is 3.53. The van der Waals surface area contributed by atoms with Crippen molar-refractivity contribution in [2.24, 2.45) is 0 Å². The molecule has 0 unspecified atom stereocenters. The van der Waals surface area contributed by atoms with Gasteiger partial charge in [0.25, 0.3) is 0 Å². The number of esters is 1. The number of rotatable bonds is 5. The van der Waals surface area contributed by atoms with E-state index in [-0.39, 0.29) is 5.97 Å². The Hall–Kier alpha value is -2.09. The van der Waals surface area contributed by atoms with Gasteiger partial charge in [-0.2, -0.15) is 0 Å². The molecule has 0 N–H and O–H groups in total. The molecule has 0 heterocycles. The van der Waals surface area contributed by atoms with Crippen molar-refractivity contribution in [3.05, 3.63) is 64.7 Å². The molecule has 0 radical (unpaired) electrons. The molecule has 0 spiro atoms. The molecule has 0 saturated carbocycles. The normalized spacial score (nSPS) is 10.4. The highest BCUT2D eigenvalue weighted by molar-refractivity contribution is 5.75.